The molecule has 10 heteroatoms. The number of aliphatic hydroxyl groups excluding tert-OH is 1. The minimum absolute atomic E-state index is 0.000851. The quantitative estimate of drug-likeness (QED) is 0.112. The number of carbonyl (C=O) groups is 1. The molecule has 260 valence electrons. The summed E-state index contributed by atoms with van der Waals surface area (Å²) in [6, 6.07) is 22.6. The molecule has 0 aromatic heterocycles. The molecule has 0 heterocycles. The lowest BCUT2D eigenvalue weighted by Crippen LogP contribution is -2.21. The van der Waals surface area contributed by atoms with E-state index in [4.69, 9.17) is 5.11 Å². The van der Waals surface area contributed by atoms with Crippen molar-refractivity contribution >= 4 is 29.0 Å². The van der Waals surface area contributed by atoms with Gasteiger partial charge in [-0.3, -0.25) is 4.79 Å². The predicted molar refractivity (Wildman–Crippen MR) is 198 cm³/mol. The Morgan fingerprint density at radius 3 is 1.35 bits per heavy atom. The molecule has 10 nitrogen and oxygen atoms in total. The number of phenolic OH excluding ortho intramolecular Hbond substituents is 4. The van der Waals surface area contributed by atoms with Gasteiger partial charge in [0.1, 0.15) is 29.1 Å². The summed E-state index contributed by atoms with van der Waals surface area (Å²) >= 11 is 0. The molecule has 5 N–H and O–H groups in total. The van der Waals surface area contributed by atoms with E-state index in [1.807, 2.05) is 96.0 Å². The maximum absolute atomic E-state index is 10.6. The van der Waals surface area contributed by atoms with Crippen LogP contribution in [0.5, 0.6) is 23.0 Å². The normalized spacial score (nSPS) is 10.9. The third kappa shape index (κ3) is 10.7. The van der Waals surface area contributed by atoms with Crippen molar-refractivity contribution in [3.63, 3.8) is 0 Å². The number of hydrogen-bond acceptors (Lipinski definition) is 10. The van der Waals surface area contributed by atoms with Crippen molar-refractivity contribution < 1.29 is 30.3 Å². The number of aldehydes is 1. The summed E-state index contributed by atoms with van der Waals surface area (Å²) < 4.78 is 0. The molecule has 48 heavy (non-hydrogen) atoms. The fourth-order valence-electron chi connectivity index (χ4n) is 4.95. The van der Waals surface area contributed by atoms with E-state index in [1.165, 1.54) is 0 Å². The van der Waals surface area contributed by atoms with Crippen LogP contribution in [0.4, 0.5) is 22.7 Å². The van der Waals surface area contributed by atoms with Gasteiger partial charge in [-0.15, -0.1) is 0 Å². The topological polar surface area (TPSA) is 131 Å². The van der Waals surface area contributed by atoms with Crippen LogP contribution in [0.1, 0.15) is 55.3 Å². The third-order valence-corrected chi connectivity index (χ3v) is 7.88. The molecular weight excluding hydrogens is 608 g/mol. The standard InChI is InChI=1S/C19H26N2O3.C11H15NO2.C8H11NO/c1-5-21(6-2)14-8-10-16(18(23)12-14)19(24)15-9-7-13(20(3)4)11-17(15)22;1-3-12(4-2)10-6-5-9(8-13)11(14)7-10;1-9(2)7-4-3-5-8(10)6-7/h7-12,19,22-24H,5-6H2,1-4H3;5-8,14H,3-4H2,1-2H3;3-6,10H,1-2H3. The van der Waals surface area contributed by atoms with Gasteiger partial charge >= 0.3 is 0 Å². The first kappa shape index (κ1) is 39.1. The van der Waals surface area contributed by atoms with E-state index in [0.29, 0.717) is 28.7 Å². The lowest BCUT2D eigenvalue weighted by Gasteiger charge is -2.23. The number of rotatable bonds is 11. The van der Waals surface area contributed by atoms with Gasteiger partial charge in [0.2, 0.25) is 0 Å². The van der Waals surface area contributed by atoms with Crippen LogP contribution >= 0.6 is 0 Å². The summed E-state index contributed by atoms with van der Waals surface area (Å²) in [7, 11) is 7.63. The molecule has 0 aliphatic heterocycles. The van der Waals surface area contributed by atoms with Crippen molar-refractivity contribution in [3.05, 3.63) is 95.6 Å². The highest BCUT2D eigenvalue weighted by Crippen LogP contribution is 2.37. The molecule has 0 saturated carbocycles. The Kier molecular flexibility index (Phi) is 15.4. The van der Waals surface area contributed by atoms with E-state index >= 15 is 0 Å². The maximum Gasteiger partial charge on any atom is 0.153 e. The Morgan fingerprint density at radius 1 is 0.562 bits per heavy atom. The highest BCUT2D eigenvalue weighted by molar-refractivity contribution is 5.80. The molecular formula is C38H52N4O6. The third-order valence-electron chi connectivity index (χ3n) is 7.88. The average molecular weight is 661 g/mol. The van der Waals surface area contributed by atoms with Crippen LogP contribution in [0.2, 0.25) is 0 Å². The maximum atomic E-state index is 10.6. The Hall–Kier alpha value is -5.09. The van der Waals surface area contributed by atoms with E-state index in [9.17, 15) is 25.2 Å². The highest BCUT2D eigenvalue weighted by atomic mass is 16.3. The molecule has 0 aliphatic carbocycles. The Morgan fingerprint density at radius 2 is 0.979 bits per heavy atom. The first-order valence-electron chi connectivity index (χ1n) is 16.1. The number of aliphatic hydroxyl groups is 1. The van der Waals surface area contributed by atoms with E-state index in [-0.39, 0.29) is 17.2 Å². The molecule has 0 fully saturated rings. The van der Waals surface area contributed by atoms with E-state index in [2.05, 4.69) is 9.80 Å². The molecule has 4 rings (SSSR count). The summed E-state index contributed by atoms with van der Waals surface area (Å²) in [6.45, 7) is 11.6. The number of carbonyl (C=O) groups excluding carboxylic acids is 1. The molecule has 1 unspecified atom stereocenters. The monoisotopic (exact) mass is 660 g/mol. The summed E-state index contributed by atoms with van der Waals surface area (Å²) in [6.07, 6.45) is -0.437. The van der Waals surface area contributed by atoms with Crippen LogP contribution in [0.15, 0.2) is 78.9 Å². The van der Waals surface area contributed by atoms with E-state index in [0.717, 1.165) is 48.9 Å². The Balaban J connectivity index is 0.000000280. The second-order valence-electron chi connectivity index (χ2n) is 11.4. The van der Waals surface area contributed by atoms with Gasteiger partial charge in [0.25, 0.3) is 0 Å². The lowest BCUT2D eigenvalue weighted by molar-refractivity contribution is 0.112. The second-order valence-corrected chi connectivity index (χ2v) is 11.4. The zero-order chi connectivity index (χ0) is 36.0. The fourth-order valence-corrected chi connectivity index (χ4v) is 4.95. The van der Waals surface area contributed by atoms with Gasteiger partial charge in [0.15, 0.2) is 6.29 Å². The van der Waals surface area contributed by atoms with Crippen LogP contribution in [0.25, 0.3) is 0 Å². The number of aromatic hydroxyl groups is 4. The summed E-state index contributed by atoms with van der Waals surface area (Å²) in [5.41, 5.74) is 4.77. The van der Waals surface area contributed by atoms with Crippen molar-refractivity contribution in [2.24, 2.45) is 0 Å². The van der Waals surface area contributed by atoms with Gasteiger partial charge in [0.05, 0.1) is 5.56 Å². The molecule has 4 aromatic rings. The predicted octanol–water partition coefficient (Wildman–Crippen LogP) is 6.60. The largest absolute Gasteiger partial charge is 0.508 e. The summed E-state index contributed by atoms with van der Waals surface area (Å²) in [5, 5.41) is 49.6. The van der Waals surface area contributed by atoms with Crippen molar-refractivity contribution in [1.82, 2.24) is 0 Å². The minimum Gasteiger partial charge on any atom is -0.508 e. The minimum atomic E-state index is -1.09. The van der Waals surface area contributed by atoms with Crippen LogP contribution in [0.3, 0.4) is 0 Å². The van der Waals surface area contributed by atoms with Crippen LogP contribution in [-0.4, -0.2) is 86.2 Å². The molecule has 0 spiro atoms. The smallest absolute Gasteiger partial charge is 0.153 e. The zero-order valence-electron chi connectivity index (χ0n) is 29.4. The van der Waals surface area contributed by atoms with Gasteiger partial charge in [-0.05, 0) is 64.1 Å². The molecule has 0 bridgehead atoms. The first-order valence-corrected chi connectivity index (χ1v) is 16.1. The van der Waals surface area contributed by atoms with Crippen LogP contribution < -0.4 is 19.6 Å². The summed E-state index contributed by atoms with van der Waals surface area (Å²) in [4.78, 5) is 18.5. The number of benzene rings is 4. The first-order chi connectivity index (χ1) is 22.8. The lowest BCUT2D eigenvalue weighted by atomic mass is 9.98. The average Bonchev–Trinajstić information content (AvgIpc) is 3.06. The molecule has 0 aliphatic rings. The number of anilines is 4. The van der Waals surface area contributed by atoms with E-state index in [1.54, 1.807) is 48.5 Å². The van der Waals surface area contributed by atoms with Crippen LogP contribution in [-0.2, 0) is 0 Å². The molecule has 0 radical (unpaired) electrons. The van der Waals surface area contributed by atoms with Crippen molar-refractivity contribution in [1.29, 1.82) is 0 Å². The van der Waals surface area contributed by atoms with Crippen molar-refractivity contribution in [2.45, 2.75) is 33.8 Å². The fraction of sp³-hybridized carbons (Fsp3) is 0.342. The SMILES string of the molecule is CCN(CC)c1ccc(C(O)c2ccc(N(C)C)cc2O)c(O)c1.CCN(CC)c1ccc(C=O)c(O)c1.CN(C)c1cccc(O)c1. The van der Waals surface area contributed by atoms with Gasteiger partial charge in [-0.1, -0.05) is 18.2 Å². The van der Waals surface area contributed by atoms with E-state index < -0.39 is 6.10 Å². The zero-order valence-corrected chi connectivity index (χ0v) is 29.4. The van der Waals surface area contributed by atoms with Crippen molar-refractivity contribution in [2.75, 3.05) is 74.0 Å². The molecule has 0 saturated heterocycles. The van der Waals surface area contributed by atoms with Gasteiger partial charge in [0, 0.05) is 113 Å². The molecule has 4 aromatic carbocycles. The molecule has 1 atom stereocenters. The highest BCUT2D eigenvalue weighted by Gasteiger charge is 2.19. The summed E-state index contributed by atoms with van der Waals surface area (Å²) in [5.74, 6) is 0.375. The van der Waals surface area contributed by atoms with Crippen LogP contribution in [0, 0.1) is 0 Å². The van der Waals surface area contributed by atoms with Crippen molar-refractivity contribution in [3.8, 4) is 23.0 Å². The number of nitrogens with zero attached hydrogens (tertiary/aromatic N) is 4. The van der Waals surface area contributed by atoms with Gasteiger partial charge in [-0.25, -0.2) is 0 Å². The van der Waals surface area contributed by atoms with Gasteiger partial charge in [-0.2, -0.15) is 0 Å². The number of hydrogen-bond donors (Lipinski definition) is 5. The Bertz CT molecular complexity index is 1590. The number of phenols is 4. The second kappa shape index (κ2) is 18.9. The molecule has 0 amide bonds. The van der Waals surface area contributed by atoms with Gasteiger partial charge < -0.3 is 45.1 Å². The Labute approximate surface area is 285 Å².